The van der Waals surface area contributed by atoms with Gasteiger partial charge in [-0.25, -0.2) is 0 Å². The van der Waals surface area contributed by atoms with E-state index in [1.165, 1.54) is 19.2 Å². The van der Waals surface area contributed by atoms with Crippen LogP contribution in [0.2, 0.25) is 0 Å². The van der Waals surface area contributed by atoms with E-state index < -0.39 is 21.0 Å². The number of ether oxygens (including phenoxy) is 2. The summed E-state index contributed by atoms with van der Waals surface area (Å²) in [5.41, 5.74) is 0. The number of alkyl halides is 3. The smallest absolute Gasteiger partial charge is 0.422 e. The molecule has 0 amide bonds. The number of hydrogen-bond donors (Lipinski definition) is 0. The van der Waals surface area contributed by atoms with Crippen molar-refractivity contribution >= 4 is 29.6 Å². The molecule has 0 N–H and O–H groups in total. The van der Waals surface area contributed by atoms with Crippen molar-refractivity contribution in [2.24, 2.45) is 0 Å². The maximum absolute atomic E-state index is 11.8. The van der Waals surface area contributed by atoms with Crippen LogP contribution in [0.3, 0.4) is 0 Å². The zero-order valence-electron chi connectivity index (χ0n) is 9.45. The van der Waals surface area contributed by atoms with E-state index >= 15 is 0 Å². The van der Waals surface area contributed by atoms with E-state index in [2.05, 4.69) is 26.1 Å². The molecule has 0 heterocycles. The Morgan fingerprint density at radius 1 is 1.21 bits per heavy atom. The summed E-state index contributed by atoms with van der Waals surface area (Å²) in [6.45, 7) is -1.29. The third-order valence-electron chi connectivity index (χ3n) is 1.44. The molecule has 1 aromatic carbocycles. The highest BCUT2D eigenvalue weighted by Crippen LogP contribution is 2.22. The van der Waals surface area contributed by atoms with Crippen molar-refractivity contribution < 1.29 is 31.1 Å². The van der Waals surface area contributed by atoms with Gasteiger partial charge in [-0.3, -0.25) is 0 Å². The Morgan fingerprint density at radius 3 is 2.11 bits per heavy atom. The lowest BCUT2D eigenvalue weighted by Gasteiger charge is -2.09. The Balaban J connectivity index is 0.000000555. The summed E-state index contributed by atoms with van der Waals surface area (Å²) in [6, 6.07) is 6.02. The first-order valence-electron chi connectivity index (χ1n) is 4.49. The molecule has 0 atom stereocenters. The molecule has 0 aliphatic heterocycles. The lowest BCUT2D eigenvalue weighted by atomic mass is 10.3. The van der Waals surface area contributed by atoms with E-state index in [1.807, 2.05) is 0 Å². The fourth-order valence-corrected chi connectivity index (χ4v) is 0.856. The van der Waals surface area contributed by atoms with Gasteiger partial charge in [-0.2, -0.15) is 21.6 Å². The zero-order valence-corrected chi connectivity index (χ0v) is 11.8. The monoisotopic (exact) mass is 340 g/mol. The van der Waals surface area contributed by atoms with Gasteiger partial charge in [-0.1, -0.05) is 6.07 Å². The van der Waals surface area contributed by atoms with E-state index in [1.54, 1.807) is 12.1 Å². The topological polar surface area (TPSA) is 52.6 Å². The highest BCUT2D eigenvalue weighted by molar-refractivity contribution is 8.31. The lowest BCUT2D eigenvalue weighted by molar-refractivity contribution is -0.153. The Kier molecular flexibility index (Phi) is 7.32. The minimum absolute atomic E-state index is 0.140. The maximum Gasteiger partial charge on any atom is 0.422 e. The predicted molar refractivity (Wildman–Crippen MR) is 65.2 cm³/mol. The van der Waals surface area contributed by atoms with Crippen molar-refractivity contribution in [3.05, 3.63) is 24.3 Å². The molecule has 19 heavy (non-hydrogen) atoms. The molecule has 110 valence electrons. The van der Waals surface area contributed by atoms with Crippen LogP contribution < -0.4 is 9.47 Å². The van der Waals surface area contributed by atoms with Crippen molar-refractivity contribution in [1.82, 2.24) is 0 Å². The van der Waals surface area contributed by atoms with Gasteiger partial charge in [0.05, 0.1) is 7.11 Å². The Morgan fingerprint density at radius 2 is 1.68 bits per heavy atom. The van der Waals surface area contributed by atoms with Gasteiger partial charge in [0.25, 0.3) is 0 Å². The fraction of sp³-hybridized carbons (Fsp3) is 0.333. The van der Waals surface area contributed by atoms with Crippen LogP contribution in [0.4, 0.5) is 13.2 Å². The van der Waals surface area contributed by atoms with Gasteiger partial charge in [0, 0.05) is 27.4 Å². The van der Waals surface area contributed by atoms with Gasteiger partial charge in [0.2, 0.25) is 0 Å². The van der Waals surface area contributed by atoms with Crippen molar-refractivity contribution in [3.63, 3.8) is 0 Å². The molecule has 1 rings (SSSR count). The second-order valence-corrected chi connectivity index (χ2v) is 6.63. The molecule has 0 fully saturated rings. The van der Waals surface area contributed by atoms with E-state index in [0.29, 0.717) is 5.75 Å². The zero-order chi connectivity index (χ0) is 15.1. The molecular weight excluding hydrogens is 332 g/mol. The quantitative estimate of drug-likeness (QED) is 0.792. The molecule has 0 saturated heterocycles. The molecule has 0 spiro atoms. The molecule has 0 unspecified atom stereocenters. The summed E-state index contributed by atoms with van der Waals surface area (Å²) in [4.78, 5) is 0. The summed E-state index contributed by atoms with van der Waals surface area (Å²) in [7, 11) is 6.25. The molecule has 10 heteroatoms. The molecule has 0 saturated carbocycles. The average molecular weight is 341 g/mol. The molecule has 4 nitrogen and oxygen atoms in total. The highest BCUT2D eigenvalue weighted by Gasteiger charge is 2.28. The van der Waals surface area contributed by atoms with Gasteiger partial charge in [0.1, 0.15) is 11.5 Å². The van der Waals surface area contributed by atoms with Crippen molar-refractivity contribution in [2.45, 2.75) is 6.18 Å². The van der Waals surface area contributed by atoms with E-state index in [9.17, 15) is 13.2 Å². The van der Waals surface area contributed by atoms with Crippen LogP contribution in [0.15, 0.2) is 24.3 Å². The first kappa shape index (κ1) is 18.1. The van der Waals surface area contributed by atoms with Crippen LogP contribution in [-0.2, 0) is 8.26 Å². The molecule has 1 aromatic rings. The van der Waals surface area contributed by atoms with Crippen LogP contribution >= 0.6 is 21.4 Å². The van der Waals surface area contributed by atoms with Crippen LogP contribution in [0.1, 0.15) is 0 Å². The average Bonchev–Trinajstić information content (AvgIpc) is 2.23. The minimum atomic E-state index is -4.32. The second kappa shape index (κ2) is 7.66. The normalized spacial score (nSPS) is 11.3. The molecule has 0 aliphatic carbocycles. The van der Waals surface area contributed by atoms with Gasteiger partial charge >= 0.3 is 14.4 Å². The van der Waals surface area contributed by atoms with Crippen LogP contribution in [0.5, 0.6) is 11.5 Å². The van der Waals surface area contributed by atoms with Gasteiger partial charge < -0.3 is 9.47 Å². The largest absolute Gasteiger partial charge is 0.497 e. The Bertz CT molecular complexity index is 482. The van der Waals surface area contributed by atoms with Crippen LogP contribution in [0, 0.1) is 0 Å². The number of rotatable bonds is 3. The summed E-state index contributed by atoms with van der Waals surface area (Å²) >= 11 is 0. The Hall–Kier alpha value is -0.860. The second-order valence-electron chi connectivity index (χ2n) is 2.96. The third kappa shape index (κ3) is 13.4. The first-order chi connectivity index (χ1) is 8.51. The SMILES string of the molecule is COc1cccc(OCC(F)(F)F)c1.O=S(=O)(Cl)Cl. The van der Waals surface area contributed by atoms with Crippen molar-refractivity contribution in [1.29, 1.82) is 0 Å². The summed E-state index contributed by atoms with van der Waals surface area (Å²) in [5, 5.41) is 0. The molecule has 0 radical (unpaired) electrons. The Labute approximate surface area is 116 Å². The van der Waals surface area contributed by atoms with Gasteiger partial charge in [-0.05, 0) is 12.1 Å². The van der Waals surface area contributed by atoms with Gasteiger partial charge in [0.15, 0.2) is 6.61 Å². The van der Waals surface area contributed by atoms with Crippen molar-refractivity contribution in [2.75, 3.05) is 13.7 Å². The maximum atomic E-state index is 11.8. The standard InChI is InChI=1S/C9H9F3O2.Cl2O2S/c1-13-7-3-2-4-8(5-7)14-6-9(10,11)12;1-5(2,3)4/h2-5H,6H2,1H3;. The van der Waals surface area contributed by atoms with Crippen LogP contribution in [0.25, 0.3) is 0 Å². The number of benzene rings is 1. The van der Waals surface area contributed by atoms with Crippen molar-refractivity contribution in [3.8, 4) is 11.5 Å². The molecular formula is C9H9Cl2F3O4S. The fourth-order valence-electron chi connectivity index (χ4n) is 0.856. The summed E-state index contributed by atoms with van der Waals surface area (Å²) in [5.74, 6) is 0.603. The lowest BCUT2D eigenvalue weighted by Crippen LogP contribution is -2.19. The molecule has 0 bridgehead atoms. The first-order valence-corrected chi connectivity index (χ1v) is 7.62. The summed E-state index contributed by atoms with van der Waals surface area (Å²) in [6.07, 6.45) is -4.32. The molecule has 0 aromatic heterocycles. The van der Waals surface area contributed by atoms with Crippen LogP contribution in [-0.4, -0.2) is 28.3 Å². The number of hydrogen-bond acceptors (Lipinski definition) is 4. The van der Waals surface area contributed by atoms with E-state index in [4.69, 9.17) is 13.2 Å². The summed E-state index contributed by atoms with van der Waals surface area (Å²) < 4.78 is 63.0. The van der Waals surface area contributed by atoms with E-state index in [0.717, 1.165) is 0 Å². The third-order valence-corrected chi connectivity index (χ3v) is 1.44. The predicted octanol–water partition coefficient (Wildman–Crippen LogP) is 3.35. The number of halogens is 5. The highest BCUT2D eigenvalue weighted by atomic mass is 36.0. The number of methoxy groups -OCH3 is 1. The van der Waals surface area contributed by atoms with E-state index in [-0.39, 0.29) is 5.75 Å². The van der Waals surface area contributed by atoms with Gasteiger partial charge in [-0.15, -0.1) is 0 Å². The molecule has 0 aliphatic rings. The minimum Gasteiger partial charge on any atom is -0.497 e.